The van der Waals surface area contributed by atoms with Crippen LogP contribution in [0, 0.1) is 0 Å². The number of carboxylic acid groups (broad SMARTS) is 1. The minimum absolute atomic E-state index is 0.0176. The number of hydrogen-bond donors (Lipinski definition) is 2. The van der Waals surface area contributed by atoms with Crippen LogP contribution in [0.15, 0.2) is 18.2 Å². The van der Waals surface area contributed by atoms with E-state index >= 15 is 0 Å². The van der Waals surface area contributed by atoms with Crippen molar-refractivity contribution < 1.29 is 31.5 Å². The maximum absolute atomic E-state index is 12.5. The van der Waals surface area contributed by atoms with Gasteiger partial charge in [-0.15, -0.1) is 0 Å². The normalized spacial score (nSPS) is 12.2. The Balaban J connectivity index is 2.85. The Hall–Kier alpha value is -1.77. The van der Waals surface area contributed by atoms with Crippen molar-refractivity contribution in [2.24, 2.45) is 0 Å². The molecule has 9 heteroatoms. The molecule has 0 aliphatic rings. The molecule has 0 spiro atoms. The van der Waals surface area contributed by atoms with E-state index in [1.807, 2.05) is 0 Å². The second-order valence-electron chi connectivity index (χ2n) is 4.47. The average Bonchev–Trinajstić information content (AvgIpc) is 2.32. The smallest absolute Gasteiger partial charge is 0.416 e. The van der Waals surface area contributed by atoms with E-state index in [0.717, 1.165) is 18.4 Å². The summed E-state index contributed by atoms with van der Waals surface area (Å²) in [5.41, 5.74) is -1.55. The summed E-state index contributed by atoms with van der Waals surface area (Å²) in [4.78, 5) is 11.0. The van der Waals surface area contributed by atoms with Gasteiger partial charge in [0.15, 0.2) is 0 Å². The van der Waals surface area contributed by atoms with Crippen LogP contribution in [0.5, 0.6) is 0 Å². The molecule has 5 nitrogen and oxygen atoms in total. The molecule has 1 aromatic rings. The molecule has 21 heavy (non-hydrogen) atoms. The van der Waals surface area contributed by atoms with Crippen molar-refractivity contribution in [2.75, 3.05) is 23.9 Å². The van der Waals surface area contributed by atoms with Crippen molar-refractivity contribution >= 4 is 21.5 Å². The van der Waals surface area contributed by atoms with Crippen molar-refractivity contribution in [2.45, 2.75) is 12.6 Å². The number of alkyl halides is 3. The van der Waals surface area contributed by atoms with Gasteiger partial charge in [-0.05, 0) is 24.6 Å². The average molecular weight is 325 g/mol. The molecule has 0 bridgehead atoms. The van der Waals surface area contributed by atoms with Crippen molar-refractivity contribution in [1.29, 1.82) is 0 Å². The molecule has 2 N–H and O–H groups in total. The van der Waals surface area contributed by atoms with Gasteiger partial charge in [-0.1, -0.05) is 0 Å². The van der Waals surface area contributed by atoms with Gasteiger partial charge >= 0.3 is 12.1 Å². The zero-order valence-corrected chi connectivity index (χ0v) is 11.9. The molecule has 0 unspecified atom stereocenters. The highest BCUT2D eigenvalue weighted by atomic mass is 32.2. The van der Waals surface area contributed by atoms with Crippen LogP contribution in [0.1, 0.15) is 22.3 Å². The van der Waals surface area contributed by atoms with Gasteiger partial charge in [0, 0.05) is 18.5 Å². The standard InChI is InChI=1S/C12H14F3NO4S/c1-21(19,20)6-2-5-16-10-4-3-8(12(13,14)15)7-9(10)11(17)18/h3-4,7,16H,2,5-6H2,1H3,(H,17,18). The molecule has 0 radical (unpaired) electrons. The lowest BCUT2D eigenvalue weighted by Gasteiger charge is -2.12. The number of sulfone groups is 1. The summed E-state index contributed by atoms with van der Waals surface area (Å²) < 4.78 is 59.4. The fraction of sp³-hybridized carbons (Fsp3) is 0.417. The Morgan fingerprint density at radius 1 is 1.33 bits per heavy atom. The van der Waals surface area contributed by atoms with Gasteiger partial charge < -0.3 is 10.4 Å². The molecule has 0 aromatic heterocycles. The lowest BCUT2D eigenvalue weighted by molar-refractivity contribution is -0.137. The Morgan fingerprint density at radius 3 is 2.43 bits per heavy atom. The van der Waals surface area contributed by atoms with Crippen LogP contribution in [-0.2, 0) is 16.0 Å². The third-order valence-corrected chi connectivity index (χ3v) is 3.61. The molecule has 0 aliphatic heterocycles. The number of nitrogens with one attached hydrogen (secondary N) is 1. The molecule has 0 heterocycles. The predicted molar refractivity (Wildman–Crippen MR) is 71.2 cm³/mol. The lowest BCUT2D eigenvalue weighted by Crippen LogP contribution is -2.13. The number of carboxylic acids is 1. The summed E-state index contributed by atoms with van der Waals surface area (Å²) in [5.74, 6) is -1.59. The Labute approximate surface area is 119 Å². The number of anilines is 1. The van der Waals surface area contributed by atoms with Gasteiger partial charge in [-0.2, -0.15) is 13.2 Å². The van der Waals surface area contributed by atoms with Crippen molar-refractivity contribution in [3.8, 4) is 0 Å². The highest BCUT2D eigenvalue weighted by Gasteiger charge is 2.31. The van der Waals surface area contributed by atoms with Crippen LogP contribution in [-0.4, -0.2) is 38.0 Å². The summed E-state index contributed by atoms with van der Waals surface area (Å²) in [5, 5.41) is 11.6. The predicted octanol–water partition coefficient (Wildman–Crippen LogP) is 2.25. The Bertz CT molecular complexity index is 626. The summed E-state index contributed by atoms with van der Waals surface area (Å²) in [6, 6.07) is 2.33. The first kappa shape index (κ1) is 17.3. The summed E-state index contributed by atoms with van der Waals surface area (Å²) in [7, 11) is -3.14. The highest BCUT2D eigenvalue weighted by molar-refractivity contribution is 7.90. The number of halogens is 3. The first-order valence-corrected chi connectivity index (χ1v) is 7.93. The second kappa shape index (κ2) is 6.33. The number of rotatable bonds is 6. The third-order valence-electron chi connectivity index (χ3n) is 2.58. The third kappa shape index (κ3) is 5.62. The molecule has 118 valence electrons. The van der Waals surface area contributed by atoms with E-state index in [4.69, 9.17) is 5.11 Å². The van der Waals surface area contributed by atoms with Crippen molar-refractivity contribution in [1.82, 2.24) is 0 Å². The molecule has 0 aliphatic carbocycles. The maximum Gasteiger partial charge on any atom is 0.416 e. The summed E-state index contributed by atoms with van der Waals surface area (Å²) in [6.07, 6.45) is -3.34. The number of hydrogen-bond acceptors (Lipinski definition) is 4. The minimum atomic E-state index is -4.63. The second-order valence-corrected chi connectivity index (χ2v) is 6.73. The van der Waals surface area contributed by atoms with Crippen LogP contribution >= 0.6 is 0 Å². The van der Waals surface area contributed by atoms with Gasteiger partial charge in [0.25, 0.3) is 0 Å². The van der Waals surface area contributed by atoms with Crippen LogP contribution in [0.25, 0.3) is 0 Å². The molecule has 0 fully saturated rings. The van der Waals surface area contributed by atoms with Gasteiger partial charge in [-0.3, -0.25) is 0 Å². The molecule has 0 saturated heterocycles. The molecular formula is C12H14F3NO4S. The minimum Gasteiger partial charge on any atom is -0.478 e. The topological polar surface area (TPSA) is 83.5 Å². The van der Waals surface area contributed by atoms with Gasteiger partial charge in [0.05, 0.1) is 16.9 Å². The highest BCUT2D eigenvalue weighted by Crippen LogP contribution is 2.31. The van der Waals surface area contributed by atoms with Gasteiger partial charge in [0.2, 0.25) is 0 Å². The van der Waals surface area contributed by atoms with E-state index in [1.54, 1.807) is 0 Å². The van der Waals surface area contributed by atoms with Gasteiger partial charge in [-0.25, -0.2) is 13.2 Å². The summed E-state index contributed by atoms with van der Waals surface area (Å²) >= 11 is 0. The molecular weight excluding hydrogens is 311 g/mol. The van der Waals surface area contributed by atoms with E-state index in [-0.39, 0.29) is 24.4 Å². The van der Waals surface area contributed by atoms with Crippen LogP contribution in [0.3, 0.4) is 0 Å². The van der Waals surface area contributed by atoms with Crippen molar-refractivity contribution in [3.05, 3.63) is 29.3 Å². The maximum atomic E-state index is 12.5. The number of carbonyl (C=O) groups is 1. The van der Waals surface area contributed by atoms with E-state index < -0.39 is 33.1 Å². The molecule has 1 aromatic carbocycles. The molecule has 0 atom stereocenters. The monoisotopic (exact) mass is 325 g/mol. The first-order valence-electron chi connectivity index (χ1n) is 5.87. The van der Waals surface area contributed by atoms with E-state index in [2.05, 4.69) is 5.32 Å². The zero-order chi connectivity index (χ0) is 16.3. The largest absolute Gasteiger partial charge is 0.478 e. The fourth-order valence-corrected chi connectivity index (χ4v) is 2.28. The zero-order valence-electron chi connectivity index (χ0n) is 11.1. The number of benzene rings is 1. The van der Waals surface area contributed by atoms with E-state index in [9.17, 15) is 26.4 Å². The van der Waals surface area contributed by atoms with E-state index in [0.29, 0.717) is 6.07 Å². The van der Waals surface area contributed by atoms with Crippen LogP contribution in [0.2, 0.25) is 0 Å². The van der Waals surface area contributed by atoms with Crippen LogP contribution in [0.4, 0.5) is 18.9 Å². The first-order chi connectivity index (χ1) is 9.50. The molecule has 1 rings (SSSR count). The summed E-state index contributed by atoms with van der Waals surface area (Å²) in [6.45, 7) is 0.138. The van der Waals surface area contributed by atoms with Crippen molar-refractivity contribution in [3.63, 3.8) is 0 Å². The Morgan fingerprint density at radius 2 is 1.95 bits per heavy atom. The fourth-order valence-electron chi connectivity index (χ4n) is 1.61. The Kier molecular flexibility index (Phi) is 5.21. The molecule has 0 amide bonds. The van der Waals surface area contributed by atoms with E-state index in [1.165, 1.54) is 0 Å². The lowest BCUT2D eigenvalue weighted by atomic mass is 10.1. The quantitative estimate of drug-likeness (QED) is 0.784. The number of aromatic carboxylic acids is 1. The molecule has 0 saturated carbocycles. The van der Waals surface area contributed by atoms with Gasteiger partial charge in [0.1, 0.15) is 9.84 Å². The van der Waals surface area contributed by atoms with Crippen LogP contribution < -0.4 is 5.32 Å². The SMILES string of the molecule is CS(=O)(=O)CCCNc1ccc(C(F)(F)F)cc1C(=O)O.